The molecule has 1 aromatic rings. The van der Waals surface area contributed by atoms with Crippen molar-refractivity contribution in [1.82, 2.24) is 0 Å². The van der Waals surface area contributed by atoms with Gasteiger partial charge in [-0.25, -0.2) is 0 Å². The van der Waals surface area contributed by atoms with E-state index in [0.717, 1.165) is 16.4 Å². The SMILES string of the molecule is CCCC(C)COC(CBr)c1cccc(Br)c1. The Labute approximate surface area is 121 Å². The van der Waals surface area contributed by atoms with Crippen LogP contribution >= 0.6 is 31.9 Å². The van der Waals surface area contributed by atoms with Crippen LogP contribution in [-0.2, 0) is 4.74 Å². The summed E-state index contributed by atoms with van der Waals surface area (Å²) in [7, 11) is 0. The third-order valence-electron chi connectivity index (χ3n) is 2.72. The van der Waals surface area contributed by atoms with E-state index in [0.29, 0.717) is 5.92 Å². The van der Waals surface area contributed by atoms with Gasteiger partial charge >= 0.3 is 0 Å². The van der Waals surface area contributed by atoms with Crippen molar-refractivity contribution in [3.8, 4) is 0 Å². The van der Waals surface area contributed by atoms with E-state index in [4.69, 9.17) is 4.74 Å². The molecular weight excluding hydrogens is 344 g/mol. The Balaban J connectivity index is 2.54. The fraction of sp³-hybridized carbons (Fsp3) is 0.571. The molecule has 0 saturated carbocycles. The molecule has 96 valence electrons. The number of halogens is 2. The molecule has 0 aromatic heterocycles. The highest BCUT2D eigenvalue weighted by atomic mass is 79.9. The third-order valence-corrected chi connectivity index (χ3v) is 3.81. The summed E-state index contributed by atoms with van der Waals surface area (Å²) in [4.78, 5) is 0. The standard InChI is InChI=1S/C14H20Br2O/c1-3-5-11(2)10-17-14(9-15)12-6-4-7-13(16)8-12/h4,6-8,11,14H,3,5,9-10H2,1-2H3. The van der Waals surface area contributed by atoms with Crippen LogP contribution in [0.15, 0.2) is 28.7 Å². The van der Waals surface area contributed by atoms with Crippen molar-refractivity contribution in [2.24, 2.45) is 5.92 Å². The molecule has 1 nitrogen and oxygen atoms in total. The molecule has 0 spiro atoms. The van der Waals surface area contributed by atoms with Gasteiger partial charge in [-0.15, -0.1) is 0 Å². The van der Waals surface area contributed by atoms with Crippen LogP contribution in [0, 0.1) is 5.92 Å². The van der Waals surface area contributed by atoms with Crippen molar-refractivity contribution < 1.29 is 4.74 Å². The van der Waals surface area contributed by atoms with Crippen molar-refractivity contribution in [3.05, 3.63) is 34.3 Å². The fourth-order valence-electron chi connectivity index (χ4n) is 1.79. The zero-order chi connectivity index (χ0) is 12.7. The van der Waals surface area contributed by atoms with Crippen LogP contribution in [0.5, 0.6) is 0 Å². The highest BCUT2D eigenvalue weighted by Crippen LogP contribution is 2.24. The number of ether oxygens (including phenoxy) is 1. The lowest BCUT2D eigenvalue weighted by molar-refractivity contribution is 0.0448. The van der Waals surface area contributed by atoms with Gasteiger partial charge in [-0.05, 0) is 30.0 Å². The van der Waals surface area contributed by atoms with Gasteiger partial charge in [-0.1, -0.05) is 64.3 Å². The van der Waals surface area contributed by atoms with Crippen LogP contribution in [0.2, 0.25) is 0 Å². The average Bonchev–Trinajstić information content (AvgIpc) is 2.30. The average molecular weight is 364 g/mol. The molecule has 2 unspecified atom stereocenters. The fourth-order valence-corrected chi connectivity index (χ4v) is 2.77. The lowest BCUT2D eigenvalue weighted by Gasteiger charge is -2.19. The normalized spacial score (nSPS) is 14.6. The van der Waals surface area contributed by atoms with Crippen molar-refractivity contribution in [2.75, 3.05) is 11.9 Å². The first-order valence-electron chi connectivity index (χ1n) is 6.10. The molecule has 1 rings (SSSR count). The number of rotatable bonds is 7. The van der Waals surface area contributed by atoms with E-state index >= 15 is 0 Å². The molecule has 0 amide bonds. The first kappa shape index (κ1) is 15.2. The Morgan fingerprint density at radius 3 is 2.71 bits per heavy atom. The molecule has 2 atom stereocenters. The van der Waals surface area contributed by atoms with Gasteiger partial charge in [0.2, 0.25) is 0 Å². The molecule has 0 radical (unpaired) electrons. The largest absolute Gasteiger partial charge is 0.372 e. The summed E-state index contributed by atoms with van der Waals surface area (Å²) >= 11 is 7.02. The van der Waals surface area contributed by atoms with Gasteiger partial charge in [0.15, 0.2) is 0 Å². The van der Waals surface area contributed by atoms with Crippen LogP contribution in [0.3, 0.4) is 0 Å². The molecule has 17 heavy (non-hydrogen) atoms. The summed E-state index contributed by atoms with van der Waals surface area (Å²) in [6.45, 7) is 5.29. The topological polar surface area (TPSA) is 9.23 Å². The molecule has 0 N–H and O–H groups in total. The monoisotopic (exact) mass is 362 g/mol. The first-order chi connectivity index (χ1) is 8.17. The maximum atomic E-state index is 5.98. The molecule has 0 bridgehead atoms. The molecule has 0 aliphatic heterocycles. The Hall–Kier alpha value is 0.140. The second-order valence-electron chi connectivity index (χ2n) is 4.43. The van der Waals surface area contributed by atoms with Gasteiger partial charge in [0.05, 0.1) is 6.10 Å². The van der Waals surface area contributed by atoms with E-state index in [-0.39, 0.29) is 6.10 Å². The molecule has 0 saturated heterocycles. The van der Waals surface area contributed by atoms with Gasteiger partial charge in [-0.2, -0.15) is 0 Å². The van der Waals surface area contributed by atoms with E-state index in [1.165, 1.54) is 18.4 Å². The zero-order valence-electron chi connectivity index (χ0n) is 10.5. The van der Waals surface area contributed by atoms with E-state index < -0.39 is 0 Å². The lowest BCUT2D eigenvalue weighted by Crippen LogP contribution is -2.12. The van der Waals surface area contributed by atoms with Gasteiger partial charge < -0.3 is 4.74 Å². The predicted octanol–water partition coefficient (Wildman–Crippen LogP) is 5.34. The number of benzene rings is 1. The van der Waals surface area contributed by atoms with Gasteiger partial charge in [-0.3, -0.25) is 0 Å². The Bertz CT molecular complexity index is 328. The Morgan fingerprint density at radius 2 is 2.12 bits per heavy atom. The van der Waals surface area contributed by atoms with Crippen molar-refractivity contribution in [3.63, 3.8) is 0 Å². The molecular formula is C14H20Br2O. The zero-order valence-corrected chi connectivity index (χ0v) is 13.6. The number of alkyl halides is 1. The van der Waals surface area contributed by atoms with Gasteiger partial charge in [0.1, 0.15) is 0 Å². The molecule has 0 aliphatic rings. The molecule has 0 aliphatic carbocycles. The van der Waals surface area contributed by atoms with Crippen LogP contribution in [0.1, 0.15) is 38.4 Å². The maximum Gasteiger partial charge on any atom is 0.0922 e. The predicted molar refractivity (Wildman–Crippen MR) is 80.7 cm³/mol. The minimum absolute atomic E-state index is 0.145. The lowest BCUT2D eigenvalue weighted by atomic mass is 10.1. The van der Waals surface area contributed by atoms with Crippen molar-refractivity contribution >= 4 is 31.9 Å². The summed E-state index contributed by atoms with van der Waals surface area (Å²) in [5.41, 5.74) is 1.22. The minimum Gasteiger partial charge on any atom is -0.372 e. The van der Waals surface area contributed by atoms with E-state index in [1.54, 1.807) is 0 Å². The molecule has 3 heteroatoms. The Kier molecular flexibility index (Phi) is 7.40. The highest BCUT2D eigenvalue weighted by Gasteiger charge is 2.12. The Morgan fingerprint density at radius 1 is 1.35 bits per heavy atom. The summed E-state index contributed by atoms with van der Waals surface area (Å²) in [6, 6.07) is 8.32. The van der Waals surface area contributed by atoms with Crippen LogP contribution in [-0.4, -0.2) is 11.9 Å². The first-order valence-corrected chi connectivity index (χ1v) is 8.01. The van der Waals surface area contributed by atoms with E-state index in [2.05, 4.69) is 57.8 Å². The number of hydrogen-bond donors (Lipinski definition) is 0. The summed E-state index contributed by atoms with van der Waals surface area (Å²) in [6.07, 6.45) is 2.60. The van der Waals surface area contributed by atoms with Crippen molar-refractivity contribution in [1.29, 1.82) is 0 Å². The van der Waals surface area contributed by atoms with Crippen LogP contribution in [0.4, 0.5) is 0 Å². The smallest absolute Gasteiger partial charge is 0.0922 e. The third kappa shape index (κ3) is 5.54. The highest BCUT2D eigenvalue weighted by molar-refractivity contribution is 9.10. The van der Waals surface area contributed by atoms with Gasteiger partial charge in [0, 0.05) is 16.4 Å². The van der Waals surface area contributed by atoms with E-state index in [9.17, 15) is 0 Å². The molecule has 0 fully saturated rings. The summed E-state index contributed by atoms with van der Waals surface area (Å²) in [5.74, 6) is 0.633. The summed E-state index contributed by atoms with van der Waals surface area (Å²) in [5, 5.41) is 0.836. The van der Waals surface area contributed by atoms with Gasteiger partial charge in [0.25, 0.3) is 0 Å². The number of hydrogen-bond acceptors (Lipinski definition) is 1. The van der Waals surface area contributed by atoms with Crippen LogP contribution < -0.4 is 0 Å². The van der Waals surface area contributed by atoms with Crippen molar-refractivity contribution in [2.45, 2.75) is 32.8 Å². The quantitative estimate of drug-likeness (QED) is 0.594. The van der Waals surface area contributed by atoms with E-state index in [1.807, 2.05) is 12.1 Å². The molecule has 0 heterocycles. The molecule has 1 aromatic carbocycles. The summed E-state index contributed by atoms with van der Waals surface area (Å²) < 4.78 is 7.08. The minimum atomic E-state index is 0.145. The maximum absolute atomic E-state index is 5.98. The second-order valence-corrected chi connectivity index (χ2v) is 5.99. The second kappa shape index (κ2) is 8.28. The van der Waals surface area contributed by atoms with Crippen LogP contribution in [0.25, 0.3) is 0 Å².